The van der Waals surface area contributed by atoms with Gasteiger partial charge in [0.05, 0.1) is 18.5 Å². The van der Waals surface area contributed by atoms with Crippen molar-refractivity contribution in [3.63, 3.8) is 0 Å². The Bertz CT molecular complexity index is 1660. The number of amides is 1. The monoisotopic (exact) mass is 523 g/mol. The highest BCUT2D eigenvalue weighted by molar-refractivity contribution is 6.07. The van der Waals surface area contributed by atoms with Crippen molar-refractivity contribution in [2.75, 3.05) is 6.61 Å². The summed E-state index contributed by atoms with van der Waals surface area (Å²) in [5.74, 6) is 1.16. The lowest BCUT2D eigenvalue weighted by Crippen LogP contribution is -2.44. The van der Waals surface area contributed by atoms with Gasteiger partial charge in [0.1, 0.15) is 28.8 Å². The number of benzene rings is 3. The smallest absolute Gasteiger partial charge is 0.252 e. The second-order valence-electron chi connectivity index (χ2n) is 9.53. The normalized spacial score (nSPS) is 16.6. The van der Waals surface area contributed by atoms with Crippen LogP contribution in [0.4, 0.5) is 4.39 Å². The van der Waals surface area contributed by atoms with Crippen molar-refractivity contribution in [1.29, 1.82) is 0 Å². The Labute approximate surface area is 224 Å². The maximum Gasteiger partial charge on any atom is 0.252 e. The first-order chi connectivity index (χ1) is 19.0. The number of nitrogens with one attached hydrogen (secondary N) is 1. The minimum absolute atomic E-state index is 0.0320. The molecule has 2 heterocycles. The van der Waals surface area contributed by atoms with Gasteiger partial charge in [0.2, 0.25) is 0 Å². The number of pyridine rings is 1. The van der Waals surface area contributed by atoms with E-state index in [0.717, 1.165) is 5.39 Å². The zero-order valence-electron chi connectivity index (χ0n) is 21.2. The molecule has 1 aliphatic rings. The van der Waals surface area contributed by atoms with E-state index in [2.05, 4.69) is 20.5 Å². The van der Waals surface area contributed by atoms with Crippen molar-refractivity contribution < 1.29 is 19.0 Å². The van der Waals surface area contributed by atoms with Crippen LogP contribution in [0.25, 0.3) is 28.0 Å². The van der Waals surface area contributed by atoms with Gasteiger partial charge in [0.15, 0.2) is 5.82 Å². The third-order valence-electron chi connectivity index (χ3n) is 7.01. The summed E-state index contributed by atoms with van der Waals surface area (Å²) in [6.45, 7) is 2.43. The Kier molecular flexibility index (Phi) is 6.40. The quantitative estimate of drug-likeness (QED) is 0.296. The molecule has 0 aliphatic heterocycles. The largest absolute Gasteiger partial charge is 0.508 e. The highest BCUT2D eigenvalue weighted by Gasteiger charge is 2.36. The predicted molar refractivity (Wildman–Crippen MR) is 145 cm³/mol. The number of phenolic OH excluding ortho intramolecular Hbond substituents is 1. The molecule has 0 atom stereocenters. The van der Waals surface area contributed by atoms with E-state index >= 15 is 0 Å². The fraction of sp³-hybridized carbons (Fsp3) is 0.200. The molecule has 2 aromatic heterocycles. The predicted octanol–water partition coefficient (Wildman–Crippen LogP) is 5.40. The van der Waals surface area contributed by atoms with E-state index in [1.54, 1.807) is 65.4 Å². The number of para-hydroxylation sites is 1. The molecule has 0 spiro atoms. The molecule has 0 bridgehead atoms. The number of halogens is 1. The molecule has 9 heteroatoms. The maximum atomic E-state index is 15.0. The van der Waals surface area contributed by atoms with Crippen LogP contribution >= 0.6 is 0 Å². The average molecular weight is 524 g/mol. The summed E-state index contributed by atoms with van der Waals surface area (Å²) in [5.41, 5.74) is 1.39. The number of rotatable bonds is 7. The van der Waals surface area contributed by atoms with Gasteiger partial charge in [0, 0.05) is 17.5 Å². The summed E-state index contributed by atoms with van der Waals surface area (Å²) in [4.78, 5) is 17.6. The van der Waals surface area contributed by atoms with Crippen LogP contribution in [0.2, 0.25) is 0 Å². The Balaban J connectivity index is 1.25. The summed E-state index contributed by atoms with van der Waals surface area (Å²) in [6, 6.07) is 20.5. The second kappa shape index (κ2) is 10.2. The minimum Gasteiger partial charge on any atom is -0.508 e. The van der Waals surface area contributed by atoms with Gasteiger partial charge in [-0.2, -0.15) is 0 Å². The molecule has 5 aromatic rings. The van der Waals surface area contributed by atoms with Gasteiger partial charge in [-0.05, 0) is 73.0 Å². The number of aromatic nitrogens is 4. The molecule has 1 fully saturated rings. The first-order valence-corrected chi connectivity index (χ1v) is 12.8. The molecular weight excluding hydrogens is 497 g/mol. The SMILES string of the molecule is CCOc1ccc(-c2nnc([C@H]3C[C@H](NC(=O)c4cccc5ccc(O)cc45)C3)n2-c2ccccc2F)nc1. The van der Waals surface area contributed by atoms with Crippen LogP contribution in [0.15, 0.2) is 79.0 Å². The fourth-order valence-electron chi connectivity index (χ4n) is 5.03. The molecule has 0 unspecified atom stereocenters. The van der Waals surface area contributed by atoms with Crippen LogP contribution in [-0.2, 0) is 0 Å². The average Bonchev–Trinajstić information content (AvgIpc) is 3.35. The topological polar surface area (TPSA) is 102 Å². The van der Waals surface area contributed by atoms with Gasteiger partial charge in [-0.25, -0.2) is 9.37 Å². The highest BCUT2D eigenvalue weighted by atomic mass is 19.1. The van der Waals surface area contributed by atoms with Crippen LogP contribution < -0.4 is 10.1 Å². The van der Waals surface area contributed by atoms with E-state index in [0.29, 0.717) is 59.2 Å². The van der Waals surface area contributed by atoms with Gasteiger partial charge in [-0.3, -0.25) is 9.36 Å². The third kappa shape index (κ3) is 4.67. The van der Waals surface area contributed by atoms with E-state index in [9.17, 15) is 14.3 Å². The molecule has 1 amide bonds. The van der Waals surface area contributed by atoms with Crippen molar-refractivity contribution in [3.8, 4) is 28.7 Å². The van der Waals surface area contributed by atoms with Crippen molar-refractivity contribution in [3.05, 3.63) is 96.2 Å². The lowest BCUT2D eigenvalue weighted by Gasteiger charge is -2.35. The molecule has 8 nitrogen and oxygen atoms in total. The second-order valence-corrected chi connectivity index (χ2v) is 9.53. The minimum atomic E-state index is -0.394. The zero-order chi connectivity index (χ0) is 26.9. The molecule has 6 rings (SSSR count). The van der Waals surface area contributed by atoms with Crippen molar-refractivity contribution in [2.45, 2.75) is 31.7 Å². The van der Waals surface area contributed by atoms with Crippen molar-refractivity contribution >= 4 is 16.7 Å². The van der Waals surface area contributed by atoms with Crippen molar-refractivity contribution in [1.82, 2.24) is 25.1 Å². The van der Waals surface area contributed by atoms with Crippen LogP contribution in [0.5, 0.6) is 11.5 Å². The van der Waals surface area contributed by atoms with E-state index in [1.807, 2.05) is 19.1 Å². The first kappa shape index (κ1) is 24.5. The highest BCUT2D eigenvalue weighted by Crippen LogP contribution is 2.39. The molecular formula is C30H26FN5O3. The van der Waals surface area contributed by atoms with Crippen LogP contribution in [0, 0.1) is 5.82 Å². The molecule has 2 N–H and O–H groups in total. The Hall–Kier alpha value is -4.79. The lowest BCUT2D eigenvalue weighted by molar-refractivity contribution is 0.0909. The van der Waals surface area contributed by atoms with Crippen LogP contribution in [0.3, 0.4) is 0 Å². The van der Waals surface area contributed by atoms with Gasteiger partial charge >= 0.3 is 0 Å². The van der Waals surface area contributed by atoms with Gasteiger partial charge in [-0.15, -0.1) is 10.2 Å². The van der Waals surface area contributed by atoms with Crippen LogP contribution in [-0.4, -0.2) is 43.4 Å². The van der Waals surface area contributed by atoms with Gasteiger partial charge in [0.25, 0.3) is 5.91 Å². The third-order valence-corrected chi connectivity index (χ3v) is 7.01. The summed E-state index contributed by atoms with van der Waals surface area (Å²) >= 11 is 0. The number of hydrogen-bond acceptors (Lipinski definition) is 6. The molecule has 196 valence electrons. The van der Waals surface area contributed by atoms with E-state index in [-0.39, 0.29) is 23.6 Å². The van der Waals surface area contributed by atoms with Crippen molar-refractivity contribution in [2.24, 2.45) is 0 Å². The number of hydrogen-bond donors (Lipinski definition) is 2. The van der Waals surface area contributed by atoms with Gasteiger partial charge < -0.3 is 15.2 Å². The number of ether oxygens (including phenoxy) is 1. The number of aromatic hydroxyl groups is 1. The van der Waals surface area contributed by atoms with Gasteiger partial charge in [-0.1, -0.05) is 30.3 Å². The summed E-state index contributed by atoms with van der Waals surface area (Å²) in [7, 11) is 0. The van der Waals surface area contributed by atoms with E-state index < -0.39 is 5.82 Å². The fourth-order valence-corrected chi connectivity index (χ4v) is 5.03. The standard InChI is InChI=1S/C30H26FN5O3/c1-2-39-22-12-13-26(32-17-22)29-35-34-28(36(29)27-9-4-3-8-25(27)31)19-14-20(15-19)33-30(38)23-7-5-6-18-10-11-21(37)16-24(18)23/h3-13,16-17,19-20,37H,2,14-15H2,1H3,(H,33,38)/t19-,20-. The molecule has 3 aromatic carbocycles. The summed E-state index contributed by atoms with van der Waals surface area (Å²) in [6.07, 6.45) is 2.87. The van der Waals surface area contributed by atoms with E-state index in [4.69, 9.17) is 4.74 Å². The number of carbonyl (C=O) groups excluding carboxylic acids is 1. The number of phenols is 1. The molecule has 0 saturated heterocycles. The lowest BCUT2D eigenvalue weighted by atomic mass is 9.79. The van der Waals surface area contributed by atoms with Crippen LogP contribution in [0.1, 0.15) is 41.9 Å². The molecule has 0 radical (unpaired) electrons. The summed E-state index contributed by atoms with van der Waals surface area (Å²) < 4.78 is 22.2. The maximum absolute atomic E-state index is 15.0. The molecule has 39 heavy (non-hydrogen) atoms. The first-order valence-electron chi connectivity index (χ1n) is 12.8. The molecule has 1 saturated carbocycles. The molecule has 1 aliphatic carbocycles. The Morgan fingerprint density at radius 1 is 1.08 bits per heavy atom. The Morgan fingerprint density at radius 3 is 2.69 bits per heavy atom. The zero-order valence-corrected chi connectivity index (χ0v) is 21.2. The summed E-state index contributed by atoms with van der Waals surface area (Å²) in [5, 5.41) is 23.4. The Morgan fingerprint density at radius 2 is 1.92 bits per heavy atom. The number of carbonyl (C=O) groups is 1. The van der Waals surface area contributed by atoms with E-state index in [1.165, 1.54) is 6.07 Å². The number of fused-ring (bicyclic) bond motifs is 1. The number of nitrogens with zero attached hydrogens (tertiary/aromatic N) is 4.